The molecular weight excluding hydrogens is 230 g/mol. The van der Waals surface area contributed by atoms with Crippen molar-refractivity contribution in [3.05, 3.63) is 0 Å². The third-order valence-corrected chi connectivity index (χ3v) is 3.56. The van der Waals surface area contributed by atoms with Crippen LogP contribution in [0, 0.1) is 5.92 Å². The number of halogens is 2. The molecule has 6 heteroatoms. The summed E-state index contributed by atoms with van der Waals surface area (Å²) in [6.07, 6.45) is 0.843. The molecule has 1 atom stereocenters. The average molecular weight is 248 g/mol. The van der Waals surface area contributed by atoms with Gasteiger partial charge in [0.15, 0.2) is 0 Å². The summed E-state index contributed by atoms with van der Waals surface area (Å²) in [6, 6.07) is 0. The van der Waals surface area contributed by atoms with E-state index in [1.165, 1.54) is 0 Å². The maximum Gasteiger partial charge on any atom is 0.377 e. The lowest BCUT2D eigenvalue weighted by atomic mass is 9.97. The summed E-state index contributed by atoms with van der Waals surface area (Å²) in [7, 11) is 0. The fourth-order valence-electron chi connectivity index (χ4n) is 2.44. The van der Waals surface area contributed by atoms with Crippen LogP contribution >= 0.6 is 0 Å². The van der Waals surface area contributed by atoms with E-state index in [2.05, 4.69) is 9.64 Å². The number of likely N-dealkylation sites (tertiary alicyclic amines) is 1. The molecule has 98 valence electrons. The standard InChI is InChI=1S/C11H18F2N2O2/c12-11(13)5-9(17-10(11)16)7-15-3-1-8(6-14)2-4-15/h8-9H,1-7,14H2. The highest BCUT2D eigenvalue weighted by molar-refractivity contribution is 5.79. The third-order valence-electron chi connectivity index (χ3n) is 3.56. The van der Waals surface area contributed by atoms with E-state index in [1.807, 2.05) is 0 Å². The van der Waals surface area contributed by atoms with Gasteiger partial charge in [-0.3, -0.25) is 4.90 Å². The minimum absolute atomic E-state index is 0.415. The molecule has 0 aromatic carbocycles. The SMILES string of the molecule is NCC1CCN(CC2CC(F)(F)C(=O)O2)CC1. The Hall–Kier alpha value is -0.750. The van der Waals surface area contributed by atoms with Crippen molar-refractivity contribution in [2.24, 2.45) is 11.7 Å². The summed E-state index contributed by atoms with van der Waals surface area (Å²) in [5.74, 6) is -4.13. The van der Waals surface area contributed by atoms with E-state index in [1.54, 1.807) is 0 Å². The van der Waals surface area contributed by atoms with E-state index in [0.29, 0.717) is 19.0 Å². The van der Waals surface area contributed by atoms with Gasteiger partial charge in [0.1, 0.15) is 6.10 Å². The highest BCUT2D eigenvalue weighted by Gasteiger charge is 2.51. The van der Waals surface area contributed by atoms with Crippen LogP contribution in [-0.2, 0) is 9.53 Å². The summed E-state index contributed by atoms with van der Waals surface area (Å²) in [5.41, 5.74) is 5.58. The lowest BCUT2D eigenvalue weighted by molar-refractivity contribution is -0.159. The molecule has 0 saturated carbocycles. The largest absolute Gasteiger partial charge is 0.456 e. The van der Waals surface area contributed by atoms with Crippen molar-refractivity contribution >= 4 is 5.97 Å². The van der Waals surface area contributed by atoms with Gasteiger partial charge in [0.05, 0.1) is 6.42 Å². The van der Waals surface area contributed by atoms with Crippen LogP contribution in [0.25, 0.3) is 0 Å². The van der Waals surface area contributed by atoms with Gasteiger partial charge in [0, 0.05) is 6.54 Å². The molecule has 0 aromatic rings. The number of nitrogens with zero attached hydrogens (tertiary/aromatic N) is 1. The predicted molar refractivity (Wildman–Crippen MR) is 57.7 cm³/mol. The summed E-state index contributed by atoms with van der Waals surface area (Å²) in [6.45, 7) is 2.80. The molecule has 2 aliphatic heterocycles. The summed E-state index contributed by atoms with van der Waals surface area (Å²) in [4.78, 5) is 12.9. The van der Waals surface area contributed by atoms with Crippen molar-refractivity contribution in [2.75, 3.05) is 26.2 Å². The second-order valence-corrected chi connectivity index (χ2v) is 4.92. The highest BCUT2D eigenvalue weighted by atomic mass is 19.3. The zero-order chi connectivity index (χ0) is 12.5. The Morgan fingerprint density at radius 1 is 1.41 bits per heavy atom. The molecule has 2 heterocycles. The Kier molecular flexibility index (Phi) is 3.63. The van der Waals surface area contributed by atoms with Crippen molar-refractivity contribution in [1.82, 2.24) is 4.90 Å². The number of hydrogen-bond donors (Lipinski definition) is 1. The number of rotatable bonds is 3. The number of alkyl halides is 2. The lowest BCUT2D eigenvalue weighted by Crippen LogP contribution is -2.40. The Labute approximate surface area is 99.1 Å². The smallest absolute Gasteiger partial charge is 0.377 e. The number of esters is 1. The van der Waals surface area contributed by atoms with Gasteiger partial charge in [0.2, 0.25) is 0 Å². The molecule has 0 radical (unpaired) electrons. The molecule has 2 N–H and O–H groups in total. The van der Waals surface area contributed by atoms with E-state index in [4.69, 9.17) is 5.73 Å². The maximum absolute atomic E-state index is 12.9. The van der Waals surface area contributed by atoms with Crippen LogP contribution in [0.3, 0.4) is 0 Å². The fraction of sp³-hybridized carbons (Fsp3) is 0.909. The average Bonchev–Trinajstić information content (AvgIpc) is 2.53. The molecular formula is C11H18F2N2O2. The minimum Gasteiger partial charge on any atom is -0.456 e. The Balaban J connectivity index is 1.78. The molecule has 0 aromatic heterocycles. The van der Waals surface area contributed by atoms with E-state index in [-0.39, 0.29) is 0 Å². The van der Waals surface area contributed by atoms with E-state index < -0.39 is 24.4 Å². The number of carbonyl (C=O) groups is 1. The molecule has 0 aliphatic carbocycles. The molecule has 0 spiro atoms. The van der Waals surface area contributed by atoms with Crippen molar-refractivity contribution in [1.29, 1.82) is 0 Å². The lowest BCUT2D eigenvalue weighted by Gasteiger charge is -2.32. The third kappa shape index (κ3) is 2.93. The first-order chi connectivity index (χ1) is 8.01. The number of ether oxygens (including phenoxy) is 1. The van der Waals surface area contributed by atoms with E-state index in [9.17, 15) is 13.6 Å². The van der Waals surface area contributed by atoms with Crippen molar-refractivity contribution < 1.29 is 18.3 Å². The minimum atomic E-state index is -3.29. The van der Waals surface area contributed by atoms with Gasteiger partial charge in [-0.2, -0.15) is 8.78 Å². The van der Waals surface area contributed by atoms with Gasteiger partial charge in [-0.25, -0.2) is 4.79 Å². The van der Waals surface area contributed by atoms with Gasteiger partial charge in [-0.15, -0.1) is 0 Å². The van der Waals surface area contributed by atoms with Crippen LogP contribution in [0.15, 0.2) is 0 Å². The van der Waals surface area contributed by atoms with Crippen LogP contribution < -0.4 is 5.73 Å². The van der Waals surface area contributed by atoms with E-state index >= 15 is 0 Å². The van der Waals surface area contributed by atoms with Crippen LogP contribution in [0.1, 0.15) is 19.3 Å². The van der Waals surface area contributed by atoms with Gasteiger partial charge in [-0.05, 0) is 38.4 Å². The molecule has 0 bridgehead atoms. The summed E-state index contributed by atoms with van der Waals surface area (Å²) >= 11 is 0. The molecule has 2 fully saturated rings. The number of cyclic esters (lactones) is 1. The molecule has 0 amide bonds. The Morgan fingerprint density at radius 3 is 2.53 bits per heavy atom. The van der Waals surface area contributed by atoms with Crippen molar-refractivity contribution in [3.63, 3.8) is 0 Å². The predicted octanol–water partition coefficient (Wildman–Crippen LogP) is 0.608. The van der Waals surface area contributed by atoms with Gasteiger partial charge >= 0.3 is 11.9 Å². The zero-order valence-electron chi connectivity index (χ0n) is 9.70. The van der Waals surface area contributed by atoms with Crippen LogP contribution in [0.4, 0.5) is 8.78 Å². The van der Waals surface area contributed by atoms with Crippen molar-refractivity contribution in [2.45, 2.75) is 31.3 Å². The highest BCUT2D eigenvalue weighted by Crippen LogP contribution is 2.31. The fourth-order valence-corrected chi connectivity index (χ4v) is 2.44. The Bertz CT molecular complexity index is 291. The van der Waals surface area contributed by atoms with Gasteiger partial charge in [0.25, 0.3) is 0 Å². The molecule has 17 heavy (non-hydrogen) atoms. The number of carbonyl (C=O) groups excluding carboxylic acids is 1. The van der Waals surface area contributed by atoms with Gasteiger partial charge < -0.3 is 10.5 Å². The van der Waals surface area contributed by atoms with Crippen LogP contribution in [0.2, 0.25) is 0 Å². The number of hydrogen-bond acceptors (Lipinski definition) is 4. The summed E-state index contributed by atoms with van der Waals surface area (Å²) in [5, 5.41) is 0. The summed E-state index contributed by atoms with van der Waals surface area (Å²) < 4.78 is 30.6. The normalized spacial score (nSPS) is 30.5. The molecule has 1 unspecified atom stereocenters. The molecule has 2 aliphatic rings. The number of nitrogens with two attached hydrogens (primary N) is 1. The second kappa shape index (κ2) is 4.86. The van der Waals surface area contributed by atoms with Crippen molar-refractivity contribution in [3.8, 4) is 0 Å². The molecule has 2 saturated heterocycles. The monoisotopic (exact) mass is 248 g/mol. The van der Waals surface area contributed by atoms with Crippen LogP contribution in [0.5, 0.6) is 0 Å². The zero-order valence-corrected chi connectivity index (χ0v) is 9.70. The topological polar surface area (TPSA) is 55.6 Å². The molecule has 2 rings (SSSR count). The second-order valence-electron chi connectivity index (χ2n) is 4.92. The van der Waals surface area contributed by atoms with E-state index in [0.717, 1.165) is 25.9 Å². The first kappa shape index (κ1) is 12.7. The van der Waals surface area contributed by atoms with Crippen LogP contribution in [-0.4, -0.2) is 49.1 Å². The first-order valence-electron chi connectivity index (χ1n) is 6.02. The van der Waals surface area contributed by atoms with Gasteiger partial charge in [-0.1, -0.05) is 0 Å². The number of piperidine rings is 1. The first-order valence-corrected chi connectivity index (χ1v) is 6.02. The Morgan fingerprint density at radius 2 is 2.06 bits per heavy atom. The maximum atomic E-state index is 12.9. The quantitative estimate of drug-likeness (QED) is 0.743. The molecule has 4 nitrogen and oxygen atoms in total.